The van der Waals surface area contributed by atoms with Gasteiger partial charge in [-0.05, 0) is 59.5 Å². The minimum atomic E-state index is -2.54. The van der Waals surface area contributed by atoms with Gasteiger partial charge in [0.05, 0.1) is 73.9 Å². The molecule has 0 radical (unpaired) electrons. The number of nitro groups is 1. The number of anilines is 1. The van der Waals surface area contributed by atoms with Gasteiger partial charge in [-0.2, -0.15) is 9.78 Å². The number of aliphatic hydroxyl groups is 1. The number of hydrogen-bond donors (Lipinski definition) is 1. The molecule has 320 valence electrons. The molecule has 15 heteroatoms. The lowest BCUT2D eigenvalue weighted by molar-refractivity contribution is -0.385. The number of aliphatic hydroxyl groups excluding tert-OH is 1. The van der Waals surface area contributed by atoms with Crippen molar-refractivity contribution in [2.24, 2.45) is 5.92 Å². The molecule has 1 N–H and O–H groups in total. The lowest BCUT2D eigenvalue weighted by Gasteiger charge is -2.37. The van der Waals surface area contributed by atoms with Crippen molar-refractivity contribution in [3.05, 3.63) is 177 Å². The number of aromatic nitrogens is 5. The smallest absolute Gasteiger partial charge is 0.279 e. The van der Waals surface area contributed by atoms with Crippen LogP contribution < -0.4 is 20.4 Å². The van der Waals surface area contributed by atoms with Gasteiger partial charge in [-0.3, -0.25) is 24.4 Å². The summed E-state index contributed by atoms with van der Waals surface area (Å²) in [6.45, 7) is 7.06. The number of methoxy groups -OCH3 is 1. The maximum Gasteiger partial charge on any atom is 0.279 e. The van der Waals surface area contributed by atoms with Gasteiger partial charge in [-0.15, -0.1) is 5.10 Å². The van der Waals surface area contributed by atoms with Gasteiger partial charge in [0, 0.05) is 41.7 Å². The number of nitrogens with zero attached hydrogens (tertiary/aromatic N) is 7. The molecule has 5 aromatic carbocycles. The molecule has 1 amide bonds. The summed E-state index contributed by atoms with van der Waals surface area (Å²) in [5.74, 6) is -0.293. The third-order valence-electron chi connectivity index (χ3n) is 13.2. The van der Waals surface area contributed by atoms with E-state index in [1.54, 1.807) is 47.2 Å². The Balaban J connectivity index is 1.07. The summed E-state index contributed by atoms with van der Waals surface area (Å²) < 4.78 is 15.9. The van der Waals surface area contributed by atoms with Gasteiger partial charge in [-0.25, -0.2) is 0 Å². The predicted molar refractivity (Wildman–Crippen MR) is 241 cm³/mol. The Morgan fingerprint density at radius 3 is 2.40 bits per heavy atom. The van der Waals surface area contributed by atoms with Crippen LogP contribution in [0.3, 0.4) is 0 Å². The van der Waals surface area contributed by atoms with Crippen LogP contribution in [0.2, 0.25) is 18.6 Å². The first-order valence-electron chi connectivity index (χ1n) is 21.0. The molecule has 7 aromatic rings. The third-order valence-corrected chi connectivity index (χ3v) is 17.5. The Morgan fingerprint density at radius 2 is 1.68 bits per heavy atom. The number of nitro benzene ring substituents is 1. The summed E-state index contributed by atoms with van der Waals surface area (Å²) in [7, 11) is -0.910. The second-order valence-electron chi connectivity index (χ2n) is 17.0. The molecule has 5 atom stereocenters. The van der Waals surface area contributed by atoms with Crippen molar-refractivity contribution >= 4 is 41.3 Å². The fourth-order valence-electron chi connectivity index (χ4n) is 9.94. The summed E-state index contributed by atoms with van der Waals surface area (Å²) in [6, 6.07) is 37.0. The van der Waals surface area contributed by atoms with Crippen LogP contribution in [0.4, 0.5) is 11.4 Å². The zero-order chi connectivity index (χ0) is 44.0. The minimum absolute atomic E-state index is 0.130. The van der Waals surface area contributed by atoms with Crippen molar-refractivity contribution in [3.8, 4) is 11.4 Å². The number of fused-ring (bicyclic) bond motifs is 3. The van der Waals surface area contributed by atoms with Crippen LogP contribution in [0.25, 0.3) is 16.5 Å². The van der Waals surface area contributed by atoms with Crippen molar-refractivity contribution in [2.45, 2.75) is 62.7 Å². The van der Waals surface area contributed by atoms with Crippen molar-refractivity contribution in [1.82, 2.24) is 24.8 Å². The topological polar surface area (TPSA) is 168 Å². The van der Waals surface area contributed by atoms with Crippen LogP contribution in [-0.2, 0) is 28.2 Å². The first-order chi connectivity index (χ1) is 30.4. The molecule has 0 bridgehead atoms. The quantitative estimate of drug-likeness (QED) is 0.0734. The summed E-state index contributed by atoms with van der Waals surface area (Å²) in [5.41, 5.74) is 1.92. The van der Waals surface area contributed by atoms with Crippen molar-refractivity contribution in [2.75, 3.05) is 18.6 Å². The monoisotopic (exact) mass is 861 g/mol. The van der Waals surface area contributed by atoms with E-state index in [2.05, 4.69) is 47.6 Å². The standard InChI is InChI=1S/C48H47N7O7Si/c1-31-45(63(3,4)38-21-19-37(61-2)20-22-38)44(24-25-52-29-42(50-51-52)40(30-56)33-10-6-5-7-11-33)62-48(31)41-26-36(55(59)60)18-23-43(41)53(47(48)58)28-32-14-16-35(17-15-32)54-46(57)39-13-9-8-12-34(39)27-49-54/h5-23,26-27,29,31,40,44-45,56H,24-25,28,30H2,1-4H3/t31-,40?,44+,45-,48+/m1/s1. The molecule has 2 aromatic heterocycles. The number of non-ortho nitro benzene ring substituents is 1. The van der Waals surface area contributed by atoms with E-state index < -0.39 is 30.6 Å². The molecule has 1 fully saturated rings. The molecular weight excluding hydrogens is 815 g/mol. The normalized spacial score (nSPS) is 20.0. The lowest BCUT2D eigenvalue weighted by atomic mass is 9.82. The number of rotatable bonds is 13. The summed E-state index contributed by atoms with van der Waals surface area (Å²) >= 11 is 0. The second-order valence-corrected chi connectivity index (χ2v) is 21.7. The molecule has 63 heavy (non-hydrogen) atoms. The highest BCUT2D eigenvalue weighted by Crippen LogP contribution is 2.60. The largest absolute Gasteiger partial charge is 0.497 e. The van der Waals surface area contributed by atoms with E-state index in [0.717, 1.165) is 27.4 Å². The lowest BCUT2D eigenvalue weighted by Crippen LogP contribution is -2.51. The van der Waals surface area contributed by atoms with Crippen LogP contribution in [0, 0.1) is 16.0 Å². The van der Waals surface area contributed by atoms with Gasteiger partial charge in [-0.1, -0.05) is 103 Å². The van der Waals surface area contributed by atoms with Crippen LogP contribution in [-0.4, -0.2) is 68.6 Å². The highest BCUT2D eigenvalue weighted by atomic mass is 28.3. The molecule has 0 aliphatic carbocycles. The number of hydrogen-bond acceptors (Lipinski definition) is 10. The van der Waals surface area contributed by atoms with Crippen LogP contribution >= 0.6 is 0 Å². The van der Waals surface area contributed by atoms with Crippen molar-refractivity contribution in [3.63, 3.8) is 0 Å². The van der Waals surface area contributed by atoms with Crippen LogP contribution in [0.5, 0.6) is 5.75 Å². The summed E-state index contributed by atoms with van der Waals surface area (Å²) in [6.07, 6.45) is 3.53. The Kier molecular flexibility index (Phi) is 10.9. The van der Waals surface area contributed by atoms with E-state index >= 15 is 4.79 Å². The molecule has 0 saturated carbocycles. The average molecular weight is 862 g/mol. The zero-order valence-corrected chi connectivity index (χ0v) is 36.4. The molecule has 2 aliphatic rings. The molecule has 1 spiro atoms. The number of aryl methyl sites for hydroxylation is 1. The molecule has 4 heterocycles. The van der Waals surface area contributed by atoms with Gasteiger partial charge in [0.2, 0.25) is 0 Å². The fourth-order valence-corrected chi connectivity index (χ4v) is 14.0. The van der Waals surface area contributed by atoms with E-state index in [1.165, 1.54) is 16.8 Å². The van der Waals surface area contributed by atoms with E-state index in [-0.39, 0.29) is 41.8 Å². The molecule has 1 unspecified atom stereocenters. The highest BCUT2D eigenvalue weighted by Gasteiger charge is 2.66. The van der Waals surface area contributed by atoms with Gasteiger partial charge in [0.1, 0.15) is 5.75 Å². The summed E-state index contributed by atoms with van der Waals surface area (Å²) in [4.78, 5) is 42.3. The zero-order valence-electron chi connectivity index (χ0n) is 35.4. The Labute approximate surface area is 364 Å². The van der Waals surface area contributed by atoms with Crippen molar-refractivity contribution in [1.29, 1.82) is 0 Å². The second kappa shape index (κ2) is 16.5. The Hall–Kier alpha value is -6.81. The van der Waals surface area contributed by atoms with Crippen LogP contribution in [0.15, 0.2) is 139 Å². The molecule has 2 aliphatic heterocycles. The van der Waals surface area contributed by atoms with Gasteiger partial charge in [0.25, 0.3) is 17.2 Å². The van der Waals surface area contributed by atoms with Crippen LogP contribution in [0.1, 0.15) is 41.6 Å². The van der Waals surface area contributed by atoms with Crippen molar-refractivity contribution < 1.29 is 24.3 Å². The number of carbonyl (C=O) groups excluding carboxylic acids is 1. The molecule has 14 nitrogen and oxygen atoms in total. The highest BCUT2D eigenvalue weighted by molar-refractivity contribution is 6.91. The molecule has 1 saturated heterocycles. The molecular formula is C48H47N7O7Si. The van der Waals surface area contributed by atoms with E-state index in [9.17, 15) is 20.0 Å². The third kappa shape index (κ3) is 7.21. The van der Waals surface area contributed by atoms with Gasteiger partial charge >= 0.3 is 0 Å². The Bertz CT molecular complexity index is 2890. The first-order valence-corrected chi connectivity index (χ1v) is 24.1. The fraction of sp³-hybridized carbons (Fsp3) is 0.271. The SMILES string of the molecule is COc1ccc([Si](C)(C)[C@H]2[C@H](CCn3cc(C(CO)c4ccccc4)nn3)O[C@@]3(C(=O)N(Cc4ccc(-n5ncc6ccccc6c5=O)cc4)c4ccc([N+](=O)[O-])cc43)[C@@H]2C)cc1. The van der Waals surface area contributed by atoms with E-state index in [4.69, 9.17) is 9.47 Å². The summed E-state index contributed by atoms with van der Waals surface area (Å²) in [5, 5.41) is 38.4. The van der Waals surface area contributed by atoms with E-state index in [0.29, 0.717) is 41.0 Å². The average Bonchev–Trinajstić information content (AvgIpc) is 3.96. The number of benzene rings is 5. The molecule has 9 rings (SSSR count). The minimum Gasteiger partial charge on any atom is -0.497 e. The maximum absolute atomic E-state index is 15.4. The number of amides is 1. The first kappa shape index (κ1) is 41.5. The van der Waals surface area contributed by atoms with E-state index in [1.807, 2.05) is 79.0 Å². The Morgan fingerprint density at radius 1 is 0.952 bits per heavy atom. The van der Waals surface area contributed by atoms with Gasteiger partial charge in [0.15, 0.2) is 5.60 Å². The number of carbonyl (C=O) groups is 1. The maximum atomic E-state index is 15.4. The number of ether oxygens (including phenoxy) is 2. The van der Waals surface area contributed by atoms with Gasteiger partial charge < -0.3 is 19.5 Å². The predicted octanol–water partition coefficient (Wildman–Crippen LogP) is 6.87.